The van der Waals surface area contributed by atoms with E-state index in [2.05, 4.69) is 9.98 Å². The fourth-order valence-corrected chi connectivity index (χ4v) is 4.80. The second kappa shape index (κ2) is 11.1. The Morgan fingerprint density at radius 1 is 1.17 bits per heavy atom. The van der Waals surface area contributed by atoms with Crippen molar-refractivity contribution >= 4 is 26.9 Å². The number of aliphatic imine (C=N–C) groups is 1. The first-order chi connectivity index (χ1) is 16.4. The van der Waals surface area contributed by atoms with E-state index >= 15 is 0 Å². The van der Waals surface area contributed by atoms with Crippen molar-refractivity contribution in [2.45, 2.75) is 17.6 Å². The zero-order valence-electron chi connectivity index (χ0n) is 19.2. The Morgan fingerprint density at radius 3 is 2.54 bits per heavy atom. The molecule has 0 amide bonds. The van der Waals surface area contributed by atoms with Gasteiger partial charge in [-0.25, -0.2) is 8.42 Å². The van der Waals surface area contributed by atoms with Crippen LogP contribution >= 0.6 is 11.3 Å². The first-order valence-corrected chi connectivity index (χ1v) is 13.2. The van der Waals surface area contributed by atoms with E-state index in [4.69, 9.17) is 5.73 Å². The number of likely N-dealkylation sites (N-methyl/N-ethyl adjacent to an activating group) is 1. The van der Waals surface area contributed by atoms with Crippen LogP contribution in [-0.2, 0) is 16.4 Å². The standard InChI is InChI=1S/C24H25F3N4O2S2/c1-31(16-17-8-10-29-11-9-17)13-12-30-20(15-23(28)24(25,26)27)22-7-6-21(34-22)18-4-3-5-19(14-18)35(2,32)33/h3-11,14-15H,12-13,16,28H2,1-2H3/b23-15-,30-20?. The van der Waals surface area contributed by atoms with Crippen molar-refractivity contribution in [1.29, 1.82) is 0 Å². The maximum absolute atomic E-state index is 13.1. The number of rotatable bonds is 9. The molecule has 2 heterocycles. The van der Waals surface area contributed by atoms with E-state index in [9.17, 15) is 21.6 Å². The highest BCUT2D eigenvalue weighted by Crippen LogP contribution is 2.31. The molecule has 186 valence electrons. The molecule has 2 N–H and O–H groups in total. The molecule has 3 rings (SSSR count). The molecule has 2 aromatic heterocycles. The third-order valence-corrected chi connectivity index (χ3v) is 7.26. The van der Waals surface area contributed by atoms with Crippen molar-refractivity contribution < 1.29 is 21.6 Å². The number of halogens is 3. The minimum absolute atomic E-state index is 0.118. The van der Waals surface area contributed by atoms with Gasteiger partial charge in [0.15, 0.2) is 9.84 Å². The number of alkyl halides is 3. The average Bonchev–Trinajstić information content (AvgIpc) is 3.28. The van der Waals surface area contributed by atoms with E-state index in [0.29, 0.717) is 28.4 Å². The topological polar surface area (TPSA) is 88.6 Å². The highest BCUT2D eigenvalue weighted by atomic mass is 32.2. The van der Waals surface area contributed by atoms with Crippen LogP contribution in [0.4, 0.5) is 13.2 Å². The van der Waals surface area contributed by atoms with Crippen molar-refractivity contribution in [3.05, 3.63) is 83.1 Å². The summed E-state index contributed by atoms with van der Waals surface area (Å²) in [4.78, 5) is 11.8. The van der Waals surface area contributed by atoms with Gasteiger partial charge < -0.3 is 10.6 Å². The number of nitrogens with zero attached hydrogens (tertiary/aromatic N) is 3. The summed E-state index contributed by atoms with van der Waals surface area (Å²) in [5, 5.41) is 0. The van der Waals surface area contributed by atoms with Crippen molar-refractivity contribution in [1.82, 2.24) is 9.88 Å². The first-order valence-electron chi connectivity index (χ1n) is 10.5. The van der Waals surface area contributed by atoms with Gasteiger partial charge in [0, 0.05) is 36.6 Å². The zero-order valence-corrected chi connectivity index (χ0v) is 20.8. The molecule has 0 spiro atoms. The molecule has 11 heteroatoms. The van der Waals surface area contributed by atoms with E-state index < -0.39 is 21.7 Å². The van der Waals surface area contributed by atoms with Crippen LogP contribution in [0.5, 0.6) is 0 Å². The highest BCUT2D eigenvalue weighted by molar-refractivity contribution is 7.90. The van der Waals surface area contributed by atoms with Crippen LogP contribution in [0.25, 0.3) is 10.4 Å². The summed E-state index contributed by atoms with van der Waals surface area (Å²) >= 11 is 1.21. The van der Waals surface area contributed by atoms with Gasteiger partial charge in [-0.3, -0.25) is 9.98 Å². The lowest BCUT2D eigenvalue weighted by molar-refractivity contribution is -0.0925. The number of nitrogens with two attached hydrogens (primary N) is 1. The van der Waals surface area contributed by atoms with Crippen LogP contribution in [0.15, 0.2) is 82.6 Å². The molecule has 0 radical (unpaired) electrons. The van der Waals surface area contributed by atoms with Crippen molar-refractivity contribution in [2.24, 2.45) is 10.7 Å². The SMILES string of the molecule is CN(CCN=C(/C=C(\N)C(F)(F)F)c1ccc(-c2cccc(S(C)(=O)=O)c2)s1)Cc1ccncc1. The maximum Gasteiger partial charge on any atom is 0.430 e. The quantitative estimate of drug-likeness (QED) is 0.417. The number of allylic oxidation sites excluding steroid dienone is 2. The van der Waals surface area contributed by atoms with E-state index in [1.54, 1.807) is 36.7 Å². The first kappa shape index (κ1) is 26.6. The fourth-order valence-electron chi connectivity index (χ4n) is 3.15. The number of pyridine rings is 1. The fraction of sp³-hybridized carbons (Fsp3) is 0.250. The minimum atomic E-state index is -4.68. The predicted octanol–water partition coefficient (Wildman–Crippen LogP) is 4.54. The second-order valence-corrected chi connectivity index (χ2v) is 11.0. The molecule has 6 nitrogen and oxygen atoms in total. The number of aromatic nitrogens is 1. The zero-order chi connectivity index (χ0) is 25.6. The van der Waals surface area contributed by atoms with Gasteiger partial charge in [0.1, 0.15) is 5.70 Å². The summed E-state index contributed by atoms with van der Waals surface area (Å²) in [5.41, 5.74) is 5.87. The van der Waals surface area contributed by atoms with Gasteiger partial charge in [-0.05, 0) is 60.6 Å². The Morgan fingerprint density at radius 2 is 1.89 bits per heavy atom. The van der Waals surface area contributed by atoms with Crippen LogP contribution < -0.4 is 5.73 Å². The summed E-state index contributed by atoms with van der Waals surface area (Å²) < 4.78 is 63.2. The van der Waals surface area contributed by atoms with Crippen molar-refractivity contribution in [3.63, 3.8) is 0 Å². The minimum Gasteiger partial charge on any atom is -0.395 e. The van der Waals surface area contributed by atoms with Crippen LogP contribution in [0.2, 0.25) is 0 Å². The molecule has 3 aromatic rings. The Labute approximate surface area is 206 Å². The normalized spacial score (nSPS) is 13.4. The third-order valence-electron chi connectivity index (χ3n) is 4.99. The summed E-state index contributed by atoms with van der Waals surface area (Å²) in [6.07, 6.45) is 0.676. The third kappa shape index (κ3) is 7.74. The monoisotopic (exact) mass is 522 g/mol. The van der Waals surface area contributed by atoms with Crippen LogP contribution in [0.3, 0.4) is 0 Å². The molecule has 0 saturated heterocycles. The maximum atomic E-state index is 13.1. The lowest BCUT2D eigenvalue weighted by Gasteiger charge is -2.15. The summed E-state index contributed by atoms with van der Waals surface area (Å²) in [6.45, 7) is 1.42. The number of sulfone groups is 1. The van der Waals surface area contributed by atoms with Gasteiger partial charge in [0.25, 0.3) is 0 Å². The lowest BCUT2D eigenvalue weighted by Crippen LogP contribution is -2.22. The molecule has 0 aliphatic rings. The lowest BCUT2D eigenvalue weighted by atomic mass is 10.2. The Bertz CT molecular complexity index is 1320. The van der Waals surface area contributed by atoms with Crippen LogP contribution in [0, 0.1) is 0 Å². The Hall–Kier alpha value is -3.02. The number of hydrogen-bond acceptors (Lipinski definition) is 7. The van der Waals surface area contributed by atoms with Gasteiger partial charge in [-0.2, -0.15) is 13.2 Å². The molecule has 0 aliphatic carbocycles. The molecule has 0 atom stereocenters. The largest absolute Gasteiger partial charge is 0.430 e. The van der Waals surface area contributed by atoms with Gasteiger partial charge in [-0.15, -0.1) is 11.3 Å². The molecule has 1 aromatic carbocycles. The molecule has 0 unspecified atom stereocenters. The van der Waals surface area contributed by atoms with Gasteiger partial charge in [-0.1, -0.05) is 12.1 Å². The van der Waals surface area contributed by atoms with Gasteiger partial charge >= 0.3 is 6.18 Å². The van der Waals surface area contributed by atoms with E-state index in [0.717, 1.165) is 17.9 Å². The summed E-state index contributed by atoms with van der Waals surface area (Å²) in [5.74, 6) is 0. The number of benzene rings is 1. The molecule has 0 saturated carbocycles. The molecular weight excluding hydrogens is 497 g/mol. The number of hydrogen-bond donors (Lipinski definition) is 1. The molecule has 0 fully saturated rings. The summed E-state index contributed by atoms with van der Waals surface area (Å²) in [7, 11) is -1.50. The van der Waals surface area contributed by atoms with E-state index in [1.165, 1.54) is 23.5 Å². The van der Waals surface area contributed by atoms with Gasteiger partial charge in [0.2, 0.25) is 0 Å². The summed E-state index contributed by atoms with van der Waals surface area (Å²) in [6, 6.07) is 13.6. The predicted molar refractivity (Wildman–Crippen MR) is 133 cm³/mol. The second-order valence-electron chi connectivity index (χ2n) is 7.92. The smallest absolute Gasteiger partial charge is 0.395 e. The van der Waals surface area contributed by atoms with E-state index in [-0.39, 0.29) is 17.2 Å². The average molecular weight is 523 g/mol. The number of thiophene rings is 1. The molecule has 0 aliphatic heterocycles. The van der Waals surface area contributed by atoms with Crippen molar-refractivity contribution in [2.75, 3.05) is 26.4 Å². The van der Waals surface area contributed by atoms with Crippen LogP contribution in [0.1, 0.15) is 10.4 Å². The van der Waals surface area contributed by atoms with Gasteiger partial charge in [0.05, 0.1) is 22.0 Å². The highest BCUT2D eigenvalue weighted by Gasteiger charge is 2.32. The Kier molecular flexibility index (Phi) is 8.47. The molecule has 0 bridgehead atoms. The van der Waals surface area contributed by atoms with E-state index in [1.807, 2.05) is 24.1 Å². The van der Waals surface area contributed by atoms with Crippen molar-refractivity contribution in [3.8, 4) is 10.4 Å². The molecule has 35 heavy (non-hydrogen) atoms. The molecular formula is C24H25F3N4O2S2. The Balaban J connectivity index is 1.85. The van der Waals surface area contributed by atoms with Crippen LogP contribution in [-0.4, -0.2) is 56.6 Å².